The maximum Gasteiger partial charge on any atom is 0.325 e. The van der Waals surface area contributed by atoms with Gasteiger partial charge < -0.3 is 14.7 Å². The third kappa shape index (κ3) is 2.80. The van der Waals surface area contributed by atoms with Crippen molar-refractivity contribution in [3.05, 3.63) is 12.2 Å². The Labute approximate surface area is 137 Å². The lowest BCUT2D eigenvalue weighted by Gasteiger charge is -2.39. The predicted molar refractivity (Wildman–Crippen MR) is 87.8 cm³/mol. The van der Waals surface area contributed by atoms with E-state index in [1.54, 1.807) is 7.05 Å². The second kappa shape index (κ2) is 5.86. The average Bonchev–Trinajstić information content (AvgIpc) is 2.85. The van der Waals surface area contributed by atoms with Crippen molar-refractivity contribution in [1.29, 1.82) is 0 Å². The highest BCUT2D eigenvalue weighted by atomic mass is 16.2. The van der Waals surface area contributed by atoms with E-state index in [1.165, 1.54) is 4.90 Å². The first-order valence-electron chi connectivity index (χ1n) is 8.20. The van der Waals surface area contributed by atoms with Gasteiger partial charge in [0.05, 0.1) is 0 Å². The number of likely N-dealkylation sites (tertiary alicyclic amines) is 1. The Balaban J connectivity index is 1.90. The number of rotatable bonds is 2. The van der Waals surface area contributed by atoms with Crippen LogP contribution in [0.5, 0.6) is 0 Å². The van der Waals surface area contributed by atoms with Crippen molar-refractivity contribution in [2.75, 3.05) is 26.7 Å². The van der Waals surface area contributed by atoms with Gasteiger partial charge in [0.1, 0.15) is 0 Å². The number of piperidine rings is 1. The maximum absolute atomic E-state index is 12.4. The van der Waals surface area contributed by atoms with Crippen molar-refractivity contribution in [2.45, 2.75) is 38.9 Å². The summed E-state index contributed by atoms with van der Waals surface area (Å²) in [4.78, 5) is 34.8. The molecule has 3 rings (SSSR count). The zero-order valence-electron chi connectivity index (χ0n) is 14.1. The lowest BCUT2D eigenvalue weighted by Crippen LogP contribution is -2.64. The number of imide groups is 1. The number of aliphatic imine (C=N–C) groups is 1. The standard InChI is InChI=1S/C16H25N5O2/c1-10(2)9-21-12-13(19(4)16(23)18-14(12)22)17-15(21)20-7-5-11(3)6-8-20/h11-13H,1,5-9H2,2-4H3,(H,18,22,23). The SMILES string of the molecule is C=C(C)CN1C(N2CCC(C)CC2)=NC2C1C(=O)NC(=O)N2C. The van der Waals surface area contributed by atoms with Crippen molar-refractivity contribution >= 4 is 17.9 Å². The van der Waals surface area contributed by atoms with E-state index in [0.717, 1.165) is 43.4 Å². The summed E-state index contributed by atoms with van der Waals surface area (Å²) < 4.78 is 0. The summed E-state index contributed by atoms with van der Waals surface area (Å²) in [5.41, 5.74) is 0.969. The van der Waals surface area contributed by atoms with E-state index in [2.05, 4.69) is 23.7 Å². The van der Waals surface area contributed by atoms with E-state index in [-0.39, 0.29) is 11.9 Å². The maximum atomic E-state index is 12.4. The summed E-state index contributed by atoms with van der Waals surface area (Å²) in [6.45, 7) is 10.6. The van der Waals surface area contributed by atoms with Crippen molar-refractivity contribution in [3.8, 4) is 0 Å². The number of guanidine groups is 1. The number of urea groups is 1. The van der Waals surface area contributed by atoms with Gasteiger partial charge in [0, 0.05) is 26.7 Å². The molecule has 1 N–H and O–H groups in total. The lowest BCUT2D eigenvalue weighted by atomic mass is 9.99. The number of hydrogen-bond donors (Lipinski definition) is 1. The van der Waals surface area contributed by atoms with E-state index in [4.69, 9.17) is 4.99 Å². The van der Waals surface area contributed by atoms with Gasteiger partial charge in [0.2, 0.25) is 0 Å². The molecule has 0 bridgehead atoms. The molecule has 0 saturated carbocycles. The van der Waals surface area contributed by atoms with Crippen LogP contribution in [0.4, 0.5) is 4.79 Å². The molecule has 126 valence electrons. The smallest absolute Gasteiger partial charge is 0.325 e. The van der Waals surface area contributed by atoms with Gasteiger partial charge in [-0.15, -0.1) is 0 Å². The molecular formula is C16H25N5O2. The summed E-state index contributed by atoms with van der Waals surface area (Å²) in [5.74, 6) is 1.27. The van der Waals surface area contributed by atoms with Gasteiger partial charge in [-0.25, -0.2) is 9.79 Å². The minimum absolute atomic E-state index is 0.275. The Morgan fingerprint density at radius 3 is 2.61 bits per heavy atom. The molecule has 3 aliphatic rings. The van der Waals surface area contributed by atoms with Crippen LogP contribution in [0.3, 0.4) is 0 Å². The minimum atomic E-state index is -0.469. The summed E-state index contributed by atoms with van der Waals surface area (Å²) in [7, 11) is 1.68. The highest BCUT2D eigenvalue weighted by Gasteiger charge is 2.49. The van der Waals surface area contributed by atoms with Crippen LogP contribution in [0.15, 0.2) is 17.1 Å². The molecule has 0 aromatic carbocycles. The molecule has 0 aliphatic carbocycles. The largest absolute Gasteiger partial charge is 0.343 e. The van der Waals surface area contributed by atoms with Crippen molar-refractivity contribution in [3.63, 3.8) is 0 Å². The Morgan fingerprint density at radius 1 is 1.35 bits per heavy atom. The molecule has 7 nitrogen and oxygen atoms in total. The molecule has 0 aromatic rings. The zero-order valence-corrected chi connectivity index (χ0v) is 14.1. The summed E-state index contributed by atoms with van der Waals surface area (Å²) in [6, 6.07) is -0.854. The quantitative estimate of drug-likeness (QED) is 0.766. The topological polar surface area (TPSA) is 68.2 Å². The highest BCUT2D eigenvalue weighted by molar-refractivity contribution is 6.03. The second-order valence-corrected chi connectivity index (χ2v) is 6.95. The van der Waals surface area contributed by atoms with Crippen LogP contribution >= 0.6 is 0 Å². The first-order chi connectivity index (χ1) is 10.9. The fraction of sp³-hybridized carbons (Fsp3) is 0.688. The Kier molecular flexibility index (Phi) is 4.04. The Bertz CT molecular complexity index is 565. The molecule has 0 radical (unpaired) electrons. The van der Waals surface area contributed by atoms with E-state index in [0.29, 0.717) is 6.54 Å². The molecule has 3 heterocycles. The first kappa shape index (κ1) is 15.8. The third-order valence-electron chi connectivity index (χ3n) is 4.85. The van der Waals surface area contributed by atoms with Gasteiger partial charge in [0.15, 0.2) is 18.2 Å². The molecule has 2 fully saturated rings. The van der Waals surface area contributed by atoms with E-state index < -0.39 is 12.2 Å². The molecule has 7 heteroatoms. The minimum Gasteiger partial charge on any atom is -0.343 e. The van der Waals surface area contributed by atoms with E-state index in [9.17, 15) is 9.59 Å². The molecule has 2 saturated heterocycles. The van der Waals surface area contributed by atoms with Gasteiger partial charge in [-0.05, 0) is 25.7 Å². The van der Waals surface area contributed by atoms with Crippen molar-refractivity contribution in [1.82, 2.24) is 20.0 Å². The number of carbonyl (C=O) groups excluding carboxylic acids is 2. The monoisotopic (exact) mass is 319 g/mol. The fourth-order valence-electron chi connectivity index (χ4n) is 3.44. The first-order valence-corrected chi connectivity index (χ1v) is 8.20. The van der Waals surface area contributed by atoms with Gasteiger partial charge in [0.25, 0.3) is 5.91 Å². The number of likely N-dealkylation sites (N-methyl/N-ethyl adjacent to an activating group) is 1. The molecule has 2 unspecified atom stereocenters. The normalized spacial score (nSPS) is 28.7. The molecule has 2 atom stereocenters. The van der Waals surface area contributed by atoms with Crippen molar-refractivity contribution < 1.29 is 9.59 Å². The van der Waals surface area contributed by atoms with E-state index in [1.807, 2.05) is 11.8 Å². The van der Waals surface area contributed by atoms with Crippen LogP contribution in [0.2, 0.25) is 0 Å². The van der Waals surface area contributed by atoms with E-state index >= 15 is 0 Å². The average molecular weight is 319 g/mol. The number of hydrogen-bond acceptors (Lipinski definition) is 5. The molecule has 3 aliphatic heterocycles. The molecule has 0 aromatic heterocycles. The number of nitrogens with one attached hydrogen (secondary N) is 1. The van der Waals surface area contributed by atoms with Crippen LogP contribution < -0.4 is 5.32 Å². The van der Waals surface area contributed by atoms with Gasteiger partial charge >= 0.3 is 6.03 Å². The lowest BCUT2D eigenvalue weighted by molar-refractivity contribution is -0.127. The van der Waals surface area contributed by atoms with Gasteiger partial charge in [-0.2, -0.15) is 0 Å². The second-order valence-electron chi connectivity index (χ2n) is 6.95. The van der Waals surface area contributed by atoms with Crippen molar-refractivity contribution in [2.24, 2.45) is 10.9 Å². The van der Waals surface area contributed by atoms with Crippen LogP contribution in [0.25, 0.3) is 0 Å². The molecule has 0 spiro atoms. The predicted octanol–water partition coefficient (Wildman–Crippen LogP) is 0.842. The van der Waals surface area contributed by atoms with Gasteiger partial charge in [-0.1, -0.05) is 19.1 Å². The molecular weight excluding hydrogens is 294 g/mol. The third-order valence-corrected chi connectivity index (χ3v) is 4.85. The molecule has 23 heavy (non-hydrogen) atoms. The van der Waals surface area contributed by atoms with Crippen LogP contribution in [-0.2, 0) is 4.79 Å². The highest BCUT2D eigenvalue weighted by Crippen LogP contribution is 2.28. The summed E-state index contributed by atoms with van der Waals surface area (Å²) in [5, 5.41) is 2.42. The Hall–Kier alpha value is -2.05. The fourth-order valence-corrected chi connectivity index (χ4v) is 3.44. The zero-order chi connectivity index (χ0) is 16.7. The van der Waals surface area contributed by atoms with Crippen LogP contribution in [0.1, 0.15) is 26.7 Å². The Morgan fingerprint density at radius 2 is 2.00 bits per heavy atom. The van der Waals surface area contributed by atoms with Crippen LogP contribution in [-0.4, -0.2) is 71.5 Å². The number of amides is 3. The van der Waals surface area contributed by atoms with Crippen LogP contribution in [0, 0.1) is 5.92 Å². The number of carbonyl (C=O) groups is 2. The summed E-state index contributed by atoms with van der Waals surface area (Å²) in [6.07, 6.45) is 1.79. The number of nitrogens with zero attached hydrogens (tertiary/aromatic N) is 4. The number of fused-ring (bicyclic) bond motifs is 1. The van der Waals surface area contributed by atoms with Gasteiger partial charge in [-0.3, -0.25) is 10.1 Å². The summed E-state index contributed by atoms with van der Waals surface area (Å²) >= 11 is 0. The molecule has 3 amide bonds.